The monoisotopic (exact) mass is 438 g/mol. The summed E-state index contributed by atoms with van der Waals surface area (Å²) in [6, 6.07) is 0.719. The number of anilines is 1. The zero-order chi connectivity index (χ0) is 21.5. The summed E-state index contributed by atoms with van der Waals surface area (Å²) in [4.78, 5) is 29.8. The number of aliphatic hydroxyl groups is 1. The van der Waals surface area contributed by atoms with Gasteiger partial charge in [-0.2, -0.15) is 13.2 Å². The van der Waals surface area contributed by atoms with Gasteiger partial charge in [0.1, 0.15) is 14.8 Å². The molecule has 0 aliphatic heterocycles. The van der Waals surface area contributed by atoms with E-state index in [1.807, 2.05) is 0 Å². The molecule has 2 heterocycles. The molecule has 2 amide bonds. The maximum Gasteiger partial charge on any atom is 0.436 e. The second-order valence-electron chi connectivity index (χ2n) is 5.90. The number of rotatable bonds is 5. The van der Waals surface area contributed by atoms with E-state index in [1.165, 1.54) is 0 Å². The SMILES string of the molecule is CC(C)(O)C(=O)Nc1sc(S(=O)(=O)c2nccnc2C(F)(F)F)cc1C(N)=O. The highest BCUT2D eigenvalue weighted by atomic mass is 32.2. The molecule has 28 heavy (non-hydrogen) atoms. The molecule has 2 aromatic rings. The number of hydrogen-bond acceptors (Lipinski definition) is 8. The largest absolute Gasteiger partial charge is 0.436 e. The fraction of sp³-hybridized carbons (Fsp3) is 0.286. The highest BCUT2D eigenvalue weighted by Crippen LogP contribution is 2.38. The number of carbonyl (C=O) groups excluding carboxylic acids is 2. The zero-order valence-electron chi connectivity index (χ0n) is 14.2. The summed E-state index contributed by atoms with van der Waals surface area (Å²) in [5.41, 5.74) is 1.07. The molecule has 0 aliphatic rings. The van der Waals surface area contributed by atoms with Gasteiger partial charge in [-0.25, -0.2) is 18.4 Å². The number of primary amides is 1. The summed E-state index contributed by atoms with van der Waals surface area (Å²) < 4.78 is 63.9. The van der Waals surface area contributed by atoms with E-state index in [0.717, 1.165) is 26.1 Å². The van der Waals surface area contributed by atoms with Crippen LogP contribution in [0.25, 0.3) is 0 Å². The molecule has 4 N–H and O–H groups in total. The Morgan fingerprint density at radius 1 is 1.21 bits per heavy atom. The van der Waals surface area contributed by atoms with Gasteiger partial charge in [-0.05, 0) is 19.9 Å². The second-order valence-corrected chi connectivity index (χ2v) is 9.04. The van der Waals surface area contributed by atoms with Crippen molar-refractivity contribution in [1.82, 2.24) is 9.97 Å². The van der Waals surface area contributed by atoms with Crippen molar-refractivity contribution in [3.8, 4) is 0 Å². The highest BCUT2D eigenvalue weighted by Gasteiger charge is 2.41. The van der Waals surface area contributed by atoms with E-state index < -0.39 is 53.9 Å². The molecular weight excluding hydrogens is 425 g/mol. The van der Waals surface area contributed by atoms with Crippen molar-refractivity contribution >= 4 is 38.0 Å². The number of amides is 2. The van der Waals surface area contributed by atoms with Crippen LogP contribution < -0.4 is 11.1 Å². The van der Waals surface area contributed by atoms with Crippen LogP contribution in [0.2, 0.25) is 0 Å². The first-order valence-electron chi connectivity index (χ1n) is 7.26. The first kappa shape index (κ1) is 21.7. The van der Waals surface area contributed by atoms with E-state index in [0.29, 0.717) is 6.20 Å². The van der Waals surface area contributed by atoms with Crippen LogP contribution in [-0.2, 0) is 20.8 Å². The van der Waals surface area contributed by atoms with E-state index in [2.05, 4.69) is 15.3 Å². The Labute approximate surface area is 160 Å². The van der Waals surface area contributed by atoms with Gasteiger partial charge in [0, 0.05) is 12.4 Å². The first-order chi connectivity index (χ1) is 12.7. The van der Waals surface area contributed by atoms with Crippen LogP contribution in [0.5, 0.6) is 0 Å². The Balaban J connectivity index is 2.62. The minimum Gasteiger partial charge on any atom is -0.381 e. The Morgan fingerprint density at radius 3 is 2.29 bits per heavy atom. The van der Waals surface area contributed by atoms with Gasteiger partial charge in [0.15, 0.2) is 10.7 Å². The summed E-state index contributed by atoms with van der Waals surface area (Å²) in [6.45, 7) is 2.26. The second kappa shape index (κ2) is 7.10. The normalized spacial score (nSPS) is 12.6. The minimum absolute atomic E-state index is 0.286. The fourth-order valence-electron chi connectivity index (χ4n) is 1.84. The van der Waals surface area contributed by atoms with Gasteiger partial charge in [-0.1, -0.05) is 0 Å². The molecule has 0 unspecified atom stereocenters. The molecular formula is C14H13F3N4O5S2. The number of nitrogens with one attached hydrogen (secondary N) is 1. The average molecular weight is 438 g/mol. The quantitative estimate of drug-likeness (QED) is 0.634. The third-order valence-corrected chi connectivity index (χ3v) is 6.42. The lowest BCUT2D eigenvalue weighted by Gasteiger charge is -2.16. The summed E-state index contributed by atoms with van der Waals surface area (Å²) in [5.74, 6) is -2.13. The van der Waals surface area contributed by atoms with Crippen molar-refractivity contribution in [3.63, 3.8) is 0 Å². The van der Waals surface area contributed by atoms with Gasteiger partial charge in [-0.3, -0.25) is 9.59 Å². The summed E-state index contributed by atoms with van der Waals surface area (Å²) in [5, 5.41) is 10.1. The van der Waals surface area contributed by atoms with Gasteiger partial charge in [0.2, 0.25) is 9.84 Å². The number of alkyl halides is 3. The molecule has 0 aromatic carbocycles. The van der Waals surface area contributed by atoms with Crippen LogP contribution in [0.15, 0.2) is 27.7 Å². The summed E-state index contributed by atoms with van der Waals surface area (Å²) >= 11 is 0.286. The number of aromatic nitrogens is 2. The molecule has 9 nitrogen and oxygen atoms in total. The van der Waals surface area contributed by atoms with Gasteiger partial charge in [0.25, 0.3) is 11.8 Å². The van der Waals surface area contributed by atoms with Crippen LogP contribution in [0.4, 0.5) is 18.2 Å². The van der Waals surface area contributed by atoms with Crippen LogP contribution in [0, 0.1) is 0 Å². The van der Waals surface area contributed by atoms with Crippen molar-refractivity contribution in [2.75, 3.05) is 5.32 Å². The van der Waals surface area contributed by atoms with E-state index in [4.69, 9.17) is 5.73 Å². The lowest BCUT2D eigenvalue weighted by Crippen LogP contribution is -2.36. The van der Waals surface area contributed by atoms with Crippen LogP contribution in [0.3, 0.4) is 0 Å². The van der Waals surface area contributed by atoms with E-state index in [1.54, 1.807) is 0 Å². The molecule has 2 aromatic heterocycles. The zero-order valence-corrected chi connectivity index (χ0v) is 15.9. The maximum absolute atomic E-state index is 13.1. The van der Waals surface area contributed by atoms with Gasteiger partial charge in [-0.15, -0.1) is 11.3 Å². The van der Waals surface area contributed by atoms with Crippen molar-refractivity contribution < 1.29 is 36.3 Å². The number of nitrogens with two attached hydrogens (primary N) is 1. The Bertz CT molecular complexity index is 1040. The number of halogens is 3. The standard InChI is InChI=1S/C14H13F3N4O5S2/c1-13(2,24)12(23)21-10-6(9(18)22)5-7(27-10)28(25,26)11-8(14(15,16)17)19-3-4-20-11/h3-5,24H,1-2H3,(H2,18,22)(H,21,23). The minimum atomic E-state index is -5.10. The molecule has 0 fully saturated rings. The maximum atomic E-state index is 13.1. The van der Waals surface area contributed by atoms with Gasteiger partial charge in [0.05, 0.1) is 5.56 Å². The molecule has 0 atom stereocenters. The molecule has 0 bridgehead atoms. The Morgan fingerprint density at radius 2 is 1.79 bits per heavy atom. The number of sulfone groups is 1. The molecule has 2 rings (SSSR count). The smallest absolute Gasteiger partial charge is 0.381 e. The predicted octanol–water partition coefficient (Wildman–Crippen LogP) is 1.20. The van der Waals surface area contributed by atoms with Gasteiger partial charge < -0.3 is 16.2 Å². The Hall–Kier alpha value is -2.58. The Kier molecular flexibility index (Phi) is 5.51. The molecule has 152 valence electrons. The number of carbonyl (C=O) groups is 2. The van der Waals surface area contributed by atoms with Crippen LogP contribution in [-0.4, -0.2) is 40.9 Å². The van der Waals surface area contributed by atoms with Gasteiger partial charge >= 0.3 is 6.18 Å². The number of hydrogen-bond donors (Lipinski definition) is 3. The predicted molar refractivity (Wildman–Crippen MR) is 90.3 cm³/mol. The molecule has 0 spiro atoms. The molecule has 0 aliphatic carbocycles. The van der Waals surface area contributed by atoms with Crippen molar-refractivity contribution in [3.05, 3.63) is 29.7 Å². The fourth-order valence-corrected chi connectivity index (χ4v) is 4.65. The first-order valence-corrected chi connectivity index (χ1v) is 9.56. The third kappa shape index (κ3) is 4.28. The van der Waals surface area contributed by atoms with E-state index in [-0.39, 0.29) is 16.3 Å². The van der Waals surface area contributed by atoms with Crippen molar-refractivity contribution in [1.29, 1.82) is 0 Å². The molecule has 0 saturated heterocycles. The lowest BCUT2D eigenvalue weighted by atomic mass is 10.1. The van der Waals surface area contributed by atoms with E-state index in [9.17, 15) is 36.3 Å². The molecule has 0 saturated carbocycles. The average Bonchev–Trinajstić information content (AvgIpc) is 2.98. The lowest BCUT2D eigenvalue weighted by molar-refractivity contribution is -0.144. The highest BCUT2D eigenvalue weighted by molar-refractivity contribution is 7.93. The number of nitrogens with zero attached hydrogens (tertiary/aromatic N) is 2. The van der Waals surface area contributed by atoms with Crippen molar-refractivity contribution in [2.45, 2.75) is 34.9 Å². The van der Waals surface area contributed by atoms with Crippen LogP contribution >= 0.6 is 11.3 Å². The topological polar surface area (TPSA) is 152 Å². The van der Waals surface area contributed by atoms with E-state index >= 15 is 0 Å². The molecule has 0 radical (unpaired) electrons. The number of thiophene rings is 1. The molecule has 14 heteroatoms. The third-order valence-electron chi connectivity index (χ3n) is 3.21. The van der Waals surface area contributed by atoms with Crippen molar-refractivity contribution in [2.24, 2.45) is 5.73 Å². The summed E-state index contributed by atoms with van der Waals surface area (Å²) in [6.07, 6.45) is -3.65. The summed E-state index contributed by atoms with van der Waals surface area (Å²) in [7, 11) is -4.86. The van der Waals surface area contributed by atoms with Crippen LogP contribution in [0.1, 0.15) is 29.9 Å².